The molecule has 0 aromatic heterocycles. The first-order chi connectivity index (χ1) is 12.4. The molecular formula is C21H38N2O3. The molecule has 0 aliphatic heterocycles. The van der Waals surface area contributed by atoms with Crippen molar-refractivity contribution in [2.24, 2.45) is 5.92 Å². The lowest BCUT2D eigenvalue weighted by atomic mass is 10.1. The zero-order valence-corrected chi connectivity index (χ0v) is 17.5. The van der Waals surface area contributed by atoms with Crippen LogP contribution in [0.15, 0.2) is 18.2 Å². The molecule has 1 aromatic carbocycles. The van der Waals surface area contributed by atoms with Crippen LogP contribution >= 0.6 is 0 Å². The predicted octanol–water partition coefficient (Wildman–Crippen LogP) is 3.25. The van der Waals surface area contributed by atoms with E-state index in [2.05, 4.69) is 50.6 Å². The summed E-state index contributed by atoms with van der Waals surface area (Å²) in [6.45, 7) is 13.4. The molecule has 0 saturated carbocycles. The van der Waals surface area contributed by atoms with Crippen molar-refractivity contribution in [2.75, 3.05) is 46.9 Å². The summed E-state index contributed by atoms with van der Waals surface area (Å²) < 4.78 is 11.3. The summed E-state index contributed by atoms with van der Waals surface area (Å²) in [4.78, 5) is 4.51. The van der Waals surface area contributed by atoms with Crippen molar-refractivity contribution in [2.45, 2.75) is 46.8 Å². The number of likely N-dealkylation sites (N-methyl/N-ethyl adjacent to an activating group) is 1. The summed E-state index contributed by atoms with van der Waals surface area (Å²) >= 11 is 0. The Labute approximate surface area is 159 Å². The largest absolute Gasteiger partial charge is 0.493 e. The van der Waals surface area contributed by atoms with Crippen LogP contribution in [0.2, 0.25) is 0 Å². The van der Waals surface area contributed by atoms with E-state index in [1.165, 1.54) is 12.0 Å². The van der Waals surface area contributed by atoms with Gasteiger partial charge in [0, 0.05) is 13.1 Å². The molecule has 0 fully saturated rings. The van der Waals surface area contributed by atoms with Gasteiger partial charge >= 0.3 is 0 Å². The third kappa shape index (κ3) is 8.39. The van der Waals surface area contributed by atoms with E-state index in [4.69, 9.17) is 9.47 Å². The van der Waals surface area contributed by atoms with E-state index >= 15 is 0 Å². The first kappa shape index (κ1) is 22.7. The zero-order chi connectivity index (χ0) is 19.5. The van der Waals surface area contributed by atoms with Crippen LogP contribution in [-0.4, -0.2) is 68.0 Å². The van der Waals surface area contributed by atoms with Gasteiger partial charge in [0.2, 0.25) is 0 Å². The van der Waals surface area contributed by atoms with Crippen LogP contribution in [0.1, 0.15) is 39.7 Å². The van der Waals surface area contributed by atoms with Crippen molar-refractivity contribution in [3.63, 3.8) is 0 Å². The van der Waals surface area contributed by atoms with Crippen LogP contribution in [0.25, 0.3) is 0 Å². The van der Waals surface area contributed by atoms with E-state index in [1.54, 1.807) is 7.11 Å². The molecule has 0 bridgehead atoms. The number of hydrogen-bond donors (Lipinski definition) is 1. The van der Waals surface area contributed by atoms with Gasteiger partial charge in [0.05, 0.1) is 7.11 Å². The average Bonchev–Trinajstić information content (AvgIpc) is 2.62. The van der Waals surface area contributed by atoms with E-state index < -0.39 is 6.10 Å². The Morgan fingerprint density at radius 3 is 2.38 bits per heavy atom. The van der Waals surface area contributed by atoms with Crippen molar-refractivity contribution in [1.29, 1.82) is 0 Å². The lowest BCUT2D eigenvalue weighted by Gasteiger charge is -2.22. The first-order valence-electron chi connectivity index (χ1n) is 9.78. The molecular weight excluding hydrogens is 328 g/mol. The van der Waals surface area contributed by atoms with Crippen LogP contribution in [0, 0.1) is 5.92 Å². The molecule has 150 valence electrons. The number of aliphatic hydroxyl groups is 1. The van der Waals surface area contributed by atoms with Crippen LogP contribution in [0.3, 0.4) is 0 Å². The minimum absolute atomic E-state index is 0.263. The summed E-state index contributed by atoms with van der Waals surface area (Å²) in [5.41, 5.74) is 1.19. The average molecular weight is 367 g/mol. The highest BCUT2D eigenvalue weighted by Crippen LogP contribution is 2.28. The molecule has 0 radical (unpaired) electrons. The highest BCUT2D eigenvalue weighted by molar-refractivity contribution is 5.43. The summed E-state index contributed by atoms with van der Waals surface area (Å²) in [5, 5.41) is 10.2. The Balaban J connectivity index is 2.65. The minimum atomic E-state index is -0.517. The van der Waals surface area contributed by atoms with Gasteiger partial charge in [-0.1, -0.05) is 33.8 Å². The predicted molar refractivity (Wildman–Crippen MR) is 108 cm³/mol. The summed E-state index contributed by atoms with van der Waals surface area (Å²) in [5.74, 6) is 2.11. The minimum Gasteiger partial charge on any atom is -0.493 e. The smallest absolute Gasteiger partial charge is 0.161 e. The van der Waals surface area contributed by atoms with Crippen molar-refractivity contribution >= 4 is 0 Å². The van der Waals surface area contributed by atoms with Gasteiger partial charge in [-0.3, -0.25) is 0 Å². The highest BCUT2D eigenvalue weighted by Gasteiger charge is 2.13. The van der Waals surface area contributed by atoms with E-state index in [0.717, 1.165) is 26.2 Å². The fourth-order valence-corrected chi connectivity index (χ4v) is 2.82. The van der Waals surface area contributed by atoms with Crippen molar-refractivity contribution in [3.8, 4) is 11.5 Å². The molecule has 1 N–H and O–H groups in total. The van der Waals surface area contributed by atoms with Gasteiger partial charge in [0.15, 0.2) is 11.5 Å². The fourth-order valence-electron chi connectivity index (χ4n) is 2.82. The maximum absolute atomic E-state index is 10.2. The van der Waals surface area contributed by atoms with Crippen LogP contribution in [-0.2, 0) is 6.54 Å². The van der Waals surface area contributed by atoms with Crippen molar-refractivity contribution in [1.82, 2.24) is 9.80 Å². The fraction of sp³-hybridized carbons (Fsp3) is 0.714. The SMILES string of the molecule is CCN(CC)CC(O)COc1cc(CN(C)CCC(C)C)ccc1OC. The molecule has 26 heavy (non-hydrogen) atoms. The van der Waals surface area contributed by atoms with E-state index in [-0.39, 0.29) is 6.61 Å². The third-order valence-electron chi connectivity index (χ3n) is 4.56. The lowest BCUT2D eigenvalue weighted by molar-refractivity contribution is 0.0705. The van der Waals surface area contributed by atoms with E-state index in [1.807, 2.05) is 12.1 Å². The van der Waals surface area contributed by atoms with Crippen LogP contribution in [0.5, 0.6) is 11.5 Å². The summed E-state index contributed by atoms with van der Waals surface area (Å²) in [7, 11) is 3.78. The first-order valence-corrected chi connectivity index (χ1v) is 9.78. The highest BCUT2D eigenvalue weighted by atomic mass is 16.5. The van der Waals surface area contributed by atoms with E-state index in [0.29, 0.717) is 24.0 Å². The molecule has 1 rings (SSSR count). The van der Waals surface area contributed by atoms with E-state index in [9.17, 15) is 5.11 Å². The topological polar surface area (TPSA) is 45.2 Å². The zero-order valence-electron chi connectivity index (χ0n) is 17.5. The Hall–Kier alpha value is -1.30. The molecule has 0 aliphatic rings. The normalized spacial score (nSPS) is 12.8. The maximum atomic E-state index is 10.2. The van der Waals surface area contributed by atoms with Gasteiger partial charge in [-0.2, -0.15) is 0 Å². The molecule has 1 unspecified atom stereocenters. The van der Waals surface area contributed by atoms with Gasteiger partial charge in [-0.25, -0.2) is 0 Å². The molecule has 0 heterocycles. The number of hydrogen-bond acceptors (Lipinski definition) is 5. The molecule has 1 atom stereocenters. The molecule has 1 aromatic rings. The Kier molecular flexibility index (Phi) is 10.6. The number of ether oxygens (including phenoxy) is 2. The van der Waals surface area contributed by atoms with Crippen molar-refractivity contribution < 1.29 is 14.6 Å². The maximum Gasteiger partial charge on any atom is 0.161 e. The number of benzene rings is 1. The molecule has 0 amide bonds. The second-order valence-electron chi connectivity index (χ2n) is 7.36. The van der Waals surface area contributed by atoms with Gasteiger partial charge in [-0.15, -0.1) is 0 Å². The Morgan fingerprint density at radius 1 is 1.12 bits per heavy atom. The number of nitrogens with zero attached hydrogens (tertiary/aromatic N) is 2. The van der Waals surface area contributed by atoms with Crippen LogP contribution < -0.4 is 9.47 Å². The third-order valence-corrected chi connectivity index (χ3v) is 4.56. The molecule has 0 saturated heterocycles. The second-order valence-corrected chi connectivity index (χ2v) is 7.36. The molecule has 5 heteroatoms. The number of methoxy groups -OCH3 is 1. The quantitative estimate of drug-likeness (QED) is 0.581. The monoisotopic (exact) mass is 366 g/mol. The number of aliphatic hydroxyl groups excluding tert-OH is 1. The van der Waals surface area contributed by atoms with Crippen LogP contribution in [0.4, 0.5) is 0 Å². The second kappa shape index (κ2) is 12.2. The summed E-state index contributed by atoms with van der Waals surface area (Å²) in [6.07, 6.45) is 0.671. The number of rotatable bonds is 13. The molecule has 5 nitrogen and oxygen atoms in total. The lowest BCUT2D eigenvalue weighted by Crippen LogP contribution is -2.35. The van der Waals surface area contributed by atoms with Gasteiger partial charge in [0.1, 0.15) is 12.7 Å². The van der Waals surface area contributed by atoms with Crippen molar-refractivity contribution in [3.05, 3.63) is 23.8 Å². The standard InChI is InChI=1S/C21H38N2O3/c1-7-23(8-2)15-19(24)16-26-21-13-18(9-10-20(21)25-6)14-22(5)12-11-17(3)4/h9-10,13,17,19,24H,7-8,11-12,14-16H2,1-6H3. The Morgan fingerprint density at radius 2 is 1.81 bits per heavy atom. The molecule has 0 aliphatic carbocycles. The Bertz CT molecular complexity index is 504. The summed E-state index contributed by atoms with van der Waals surface area (Å²) in [6, 6.07) is 6.04. The van der Waals surface area contributed by atoms with Gasteiger partial charge < -0.3 is 24.4 Å². The van der Waals surface area contributed by atoms with Gasteiger partial charge in [-0.05, 0) is 56.7 Å². The molecule has 0 spiro atoms. The van der Waals surface area contributed by atoms with Gasteiger partial charge in [0.25, 0.3) is 0 Å².